The highest BCUT2D eigenvalue weighted by molar-refractivity contribution is 6.31. The standard InChI is InChI=1S/C31H40ClF2N5O2/c1-19-6-7-26(14-27(19)32)39(29(40)23-8-10-31(33,34)11-9-23)13-5-12-37-15-24-17-38(18-25(24)16-37)30(41)28-20(2)35-22(4)36-21(28)3/h6-7,14,23-25H,5,8-13,15-18H2,1-4H3. The van der Waals surface area contributed by atoms with E-state index in [0.717, 1.165) is 61.8 Å². The number of carbonyl (C=O) groups is 2. The molecule has 3 fully saturated rings. The van der Waals surface area contributed by atoms with E-state index in [0.29, 0.717) is 34.8 Å². The Kier molecular flexibility index (Phi) is 8.67. The van der Waals surface area contributed by atoms with E-state index in [1.54, 1.807) is 11.0 Å². The van der Waals surface area contributed by atoms with Gasteiger partial charge in [-0.05, 0) is 83.0 Å². The van der Waals surface area contributed by atoms with Gasteiger partial charge in [-0.1, -0.05) is 17.7 Å². The highest BCUT2D eigenvalue weighted by Gasteiger charge is 2.42. The first-order valence-electron chi connectivity index (χ1n) is 14.7. The van der Waals surface area contributed by atoms with E-state index >= 15 is 0 Å². The number of hydrogen-bond acceptors (Lipinski definition) is 5. The third-order valence-electron chi connectivity index (χ3n) is 9.10. The molecule has 0 bridgehead atoms. The minimum atomic E-state index is -2.67. The third-order valence-corrected chi connectivity index (χ3v) is 9.51. The largest absolute Gasteiger partial charge is 0.338 e. The second kappa shape index (κ2) is 11.9. The molecule has 1 aromatic heterocycles. The van der Waals surface area contributed by atoms with Gasteiger partial charge in [0.05, 0.1) is 17.0 Å². The number of likely N-dealkylation sites (tertiary alicyclic amines) is 2. The molecule has 1 aliphatic carbocycles. The lowest BCUT2D eigenvalue weighted by Crippen LogP contribution is -2.41. The Labute approximate surface area is 246 Å². The molecular formula is C31H40ClF2N5O2. The predicted octanol–water partition coefficient (Wildman–Crippen LogP) is 5.62. The third kappa shape index (κ3) is 6.56. The van der Waals surface area contributed by atoms with Crippen molar-refractivity contribution >= 4 is 29.1 Å². The lowest BCUT2D eigenvalue weighted by Gasteiger charge is -2.32. The summed E-state index contributed by atoms with van der Waals surface area (Å²) in [6, 6.07) is 5.60. The summed E-state index contributed by atoms with van der Waals surface area (Å²) in [4.78, 5) is 41.8. The van der Waals surface area contributed by atoms with Crippen molar-refractivity contribution in [2.45, 2.75) is 65.7 Å². The van der Waals surface area contributed by atoms with Gasteiger partial charge in [-0.3, -0.25) is 9.59 Å². The fourth-order valence-corrected chi connectivity index (χ4v) is 7.04. The van der Waals surface area contributed by atoms with Crippen LogP contribution in [0, 0.1) is 45.4 Å². The zero-order chi connectivity index (χ0) is 29.5. The summed E-state index contributed by atoms with van der Waals surface area (Å²) in [5, 5.41) is 0.588. The quantitative estimate of drug-likeness (QED) is 0.421. The first-order valence-corrected chi connectivity index (χ1v) is 15.1. The van der Waals surface area contributed by atoms with Crippen LogP contribution in [0.3, 0.4) is 0 Å². The molecule has 1 aromatic carbocycles. The number of carbonyl (C=O) groups excluding carboxylic acids is 2. The topological polar surface area (TPSA) is 69.6 Å². The van der Waals surface area contributed by atoms with Crippen molar-refractivity contribution in [3.63, 3.8) is 0 Å². The molecule has 0 radical (unpaired) electrons. The molecule has 2 amide bonds. The number of aryl methyl sites for hydroxylation is 4. The van der Waals surface area contributed by atoms with Gasteiger partial charge in [0.2, 0.25) is 11.8 Å². The maximum absolute atomic E-state index is 13.8. The molecule has 3 aliphatic rings. The molecule has 222 valence electrons. The lowest BCUT2D eigenvalue weighted by molar-refractivity contribution is -0.126. The summed E-state index contributed by atoms with van der Waals surface area (Å²) >= 11 is 6.39. The van der Waals surface area contributed by atoms with E-state index in [1.165, 1.54) is 0 Å². The molecule has 3 heterocycles. The Morgan fingerprint density at radius 1 is 1.00 bits per heavy atom. The maximum atomic E-state index is 13.8. The number of rotatable bonds is 7. The molecule has 41 heavy (non-hydrogen) atoms. The Balaban J connectivity index is 1.17. The average molecular weight is 588 g/mol. The van der Waals surface area contributed by atoms with Crippen molar-refractivity contribution in [2.75, 3.05) is 44.2 Å². The molecule has 2 saturated heterocycles. The minimum Gasteiger partial charge on any atom is -0.338 e. The Morgan fingerprint density at radius 2 is 1.61 bits per heavy atom. The second-order valence-electron chi connectivity index (χ2n) is 12.2. The highest BCUT2D eigenvalue weighted by Crippen LogP contribution is 2.38. The molecule has 2 atom stereocenters. The summed E-state index contributed by atoms with van der Waals surface area (Å²) in [6.07, 6.45) is 0.707. The van der Waals surface area contributed by atoms with Crippen LogP contribution in [0.4, 0.5) is 14.5 Å². The van der Waals surface area contributed by atoms with Crippen molar-refractivity contribution in [3.8, 4) is 0 Å². The fourth-order valence-electron chi connectivity index (χ4n) is 6.87. The van der Waals surface area contributed by atoms with Gasteiger partial charge in [0, 0.05) is 62.2 Å². The fraction of sp³-hybridized carbons (Fsp3) is 0.613. The van der Waals surface area contributed by atoms with Gasteiger partial charge < -0.3 is 14.7 Å². The van der Waals surface area contributed by atoms with E-state index in [4.69, 9.17) is 11.6 Å². The normalized spacial score (nSPS) is 22.7. The summed E-state index contributed by atoms with van der Waals surface area (Å²) in [6.45, 7) is 12.1. The molecule has 0 N–H and O–H groups in total. The van der Waals surface area contributed by atoms with Crippen LogP contribution in [0.5, 0.6) is 0 Å². The van der Waals surface area contributed by atoms with Crippen molar-refractivity contribution < 1.29 is 18.4 Å². The first kappa shape index (κ1) is 29.8. The summed E-state index contributed by atoms with van der Waals surface area (Å²) < 4.78 is 27.5. The van der Waals surface area contributed by atoms with Crippen LogP contribution in [0.15, 0.2) is 18.2 Å². The Bertz CT molecular complexity index is 1270. The van der Waals surface area contributed by atoms with Gasteiger partial charge in [0.15, 0.2) is 0 Å². The molecular weight excluding hydrogens is 548 g/mol. The Morgan fingerprint density at radius 3 is 2.20 bits per heavy atom. The average Bonchev–Trinajstić information content (AvgIpc) is 3.46. The van der Waals surface area contributed by atoms with Crippen LogP contribution in [-0.2, 0) is 4.79 Å². The summed E-state index contributed by atoms with van der Waals surface area (Å²) in [5.41, 5.74) is 3.73. The van der Waals surface area contributed by atoms with E-state index in [1.807, 2.05) is 44.7 Å². The summed E-state index contributed by atoms with van der Waals surface area (Å²) in [5.74, 6) is -1.61. The molecule has 2 aromatic rings. The number of halogens is 3. The van der Waals surface area contributed by atoms with Gasteiger partial charge >= 0.3 is 0 Å². The van der Waals surface area contributed by atoms with Gasteiger partial charge in [-0.25, -0.2) is 18.7 Å². The van der Waals surface area contributed by atoms with Crippen LogP contribution in [-0.4, -0.2) is 76.8 Å². The highest BCUT2D eigenvalue weighted by atomic mass is 35.5. The number of alkyl halides is 2. The summed E-state index contributed by atoms with van der Waals surface area (Å²) in [7, 11) is 0. The molecule has 7 nitrogen and oxygen atoms in total. The second-order valence-corrected chi connectivity index (χ2v) is 12.6. The van der Waals surface area contributed by atoms with E-state index < -0.39 is 11.8 Å². The van der Waals surface area contributed by atoms with Crippen molar-refractivity contribution in [1.29, 1.82) is 0 Å². The van der Waals surface area contributed by atoms with Crippen molar-refractivity contribution in [2.24, 2.45) is 17.8 Å². The zero-order valence-electron chi connectivity index (χ0n) is 24.4. The van der Waals surface area contributed by atoms with Crippen LogP contribution in [0.2, 0.25) is 5.02 Å². The smallest absolute Gasteiger partial charge is 0.257 e. The number of fused-ring (bicyclic) bond motifs is 1. The van der Waals surface area contributed by atoms with Gasteiger partial charge in [-0.15, -0.1) is 0 Å². The number of amides is 2. The van der Waals surface area contributed by atoms with Gasteiger partial charge in [0.25, 0.3) is 5.91 Å². The molecule has 10 heteroatoms. The number of hydrogen-bond donors (Lipinski definition) is 0. The molecule has 2 unspecified atom stereocenters. The van der Waals surface area contributed by atoms with Gasteiger partial charge in [-0.2, -0.15) is 0 Å². The zero-order valence-corrected chi connectivity index (χ0v) is 25.2. The van der Waals surface area contributed by atoms with Crippen LogP contribution >= 0.6 is 11.6 Å². The van der Waals surface area contributed by atoms with Crippen molar-refractivity contribution in [1.82, 2.24) is 19.8 Å². The SMILES string of the molecule is Cc1nc(C)c(C(=O)N2CC3CN(CCCN(C(=O)C4CCC(F)(F)CC4)c4ccc(C)c(Cl)c4)CC3C2)c(C)n1. The van der Waals surface area contributed by atoms with Crippen LogP contribution in [0.25, 0.3) is 0 Å². The number of anilines is 1. The maximum Gasteiger partial charge on any atom is 0.257 e. The Hall–Kier alpha value is -2.65. The molecule has 5 rings (SSSR count). The number of aromatic nitrogens is 2. The predicted molar refractivity (Wildman–Crippen MR) is 156 cm³/mol. The monoisotopic (exact) mass is 587 g/mol. The van der Waals surface area contributed by atoms with Crippen molar-refractivity contribution in [3.05, 3.63) is 51.6 Å². The number of benzene rings is 1. The molecule has 1 saturated carbocycles. The van der Waals surface area contributed by atoms with E-state index in [9.17, 15) is 18.4 Å². The van der Waals surface area contributed by atoms with E-state index in [2.05, 4.69) is 14.9 Å². The number of nitrogens with zero attached hydrogens (tertiary/aromatic N) is 5. The lowest BCUT2D eigenvalue weighted by atomic mass is 9.85. The van der Waals surface area contributed by atoms with Gasteiger partial charge in [0.1, 0.15) is 5.82 Å². The first-order chi connectivity index (χ1) is 19.4. The molecule has 2 aliphatic heterocycles. The minimum absolute atomic E-state index is 0.0207. The molecule has 0 spiro atoms. The van der Waals surface area contributed by atoms with E-state index in [-0.39, 0.29) is 37.5 Å². The van der Waals surface area contributed by atoms with Crippen LogP contribution < -0.4 is 4.90 Å². The van der Waals surface area contributed by atoms with Crippen LogP contribution in [0.1, 0.15) is 65.2 Å².